The van der Waals surface area contributed by atoms with E-state index in [1.807, 2.05) is 30.9 Å². The SMILES string of the molecule is CCN(CC)S(=O)(=O)C[C@@]12CC[C@H](C[C@H]1OC(=O)[C@]13CN1[C@@H]1C=C[C@H]3O1)C2(C)C. The van der Waals surface area contributed by atoms with Crippen molar-refractivity contribution < 1.29 is 22.7 Å². The monoisotopic (exact) mass is 424 g/mol. The van der Waals surface area contributed by atoms with E-state index in [9.17, 15) is 13.2 Å². The van der Waals surface area contributed by atoms with Crippen molar-refractivity contribution in [3.8, 4) is 0 Å². The van der Waals surface area contributed by atoms with Crippen LogP contribution in [0, 0.1) is 16.7 Å². The third kappa shape index (κ3) is 2.40. The van der Waals surface area contributed by atoms with Gasteiger partial charge in [-0.3, -0.25) is 4.90 Å². The van der Waals surface area contributed by atoms with E-state index in [0.29, 0.717) is 25.6 Å². The third-order valence-electron chi connectivity index (χ3n) is 8.83. The molecule has 4 bridgehead atoms. The van der Waals surface area contributed by atoms with Gasteiger partial charge in [0.15, 0.2) is 5.54 Å². The Balaban J connectivity index is 1.41. The van der Waals surface area contributed by atoms with Crippen molar-refractivity contribution in [3.63, 3.8) is 0 Å². The molecule has 29 heavy (non-hydrogen) atoms. The molecule has 0 aromatic rings. The summed E-state index contributed by atoms with van der Waals surface area (Å²) in [6.45, 7) is 9.68. The topological polar surface area (TPSA) is 75.9 Å². The summed E-state index contributed by atoms with van der Waals surface area (Å²) in [7, 11) is -3.43. The molecule has 5 rings (SSSR count). The number of rotatable bonds is 7. The lowest BCUT2D eigenvalue weighted by Crippen LogP contribution is -2.51. The average Bonchev–Trinajstić information content (AvgIpc) is 2.94. The molecule has 0 aromatic heterocycles. The van der Waals surface area contributed by atoms with Gasteiger partial charge in [-0.25, -0.2) is 17.5 Å². The summed E-state index contributed by atoms with van der Waals surface area (Å²) in [5, 5.41) is 0. The van der Waals surface area contributed by atoms with Gasteiger partial charge in [-0.15, -0.1) is 0 Å². The molecule has 2 saturated carbocycles. The molecule has 2 aliphatic carbocycles. The highest BCUT2D eigenvalue weighted by molar-refractivity contribution is 7.89. The molecule has 162 valence electrons. The number of carbonyl (C=O) groups excluding carboxylic acids is 1. The number of sulfonamides is 1. The summed E-state index contributed by atoms with van der Waals surface area (Å²) in [5.74, 6) is 0.209. The van der Waals surface area contributed by atoms with Crippen LogP contribution in [0.5, 0.6) is 0 Å². The van der Waals surface area contributed by atoms with Crippen molar-refractivity contribution in [2.75, 3.05) is 25.4 Å². The fourth-order valence-electron chi connectivity index (χ4n) is 6.75. The smallest absolute Gasteiger partial charge is 0.331 e. The van der Waals surface area contributed by atoms with Crippen molar-refractivity contribution in [1.29, 1.82) is 0 Å². The zero-order chi connectivity index (χ0) is 20.8. The second kappa shape index (κ2) is 6.05. The van der Waals surface area contributed by atoms with Crippen LogP contribution in [-0.4, -0.2) is 73.0 Å². The van der Waals surface area contributed by atoms with Crippen LogP contribution >= 0.6 is 0 Å². The molecule has 8 heteroatoms. The summed E-state index contributed by atoms with van der Waals surface area (Å²) < 4.78 is 40.0. The number of esters is 1. The first-order chi connectivity index (χ1) is 13.6. The Morgan fingerprint density at radius 1 is 1.28 bits per heavy atom. The molecule has 0 aromatic carbocycles. The second-order valence-electron chi connectivity index (χ2n) is 9.97. The Bertz CT molecular complexity index is 866. The fraction of sp³-hybridized carbons (Fsp3) is 0.857. The average molecular weight is 425 g/mol. The van der Waals surface area contributed by atoms with Crippen LogP contribution in [-0.2, 0) is 24.3 Å². The van der Waals surface area contributed by atoms with Gasteiger partial charge in [0.05, 0.1) is 5.75 Å². The molecule has 3 aliphatic heterocycles. The maximum atomic E-state index is 13.3. The van der Waals surface area contributed by atoms with E-state index in [2.05, 4.69) is 13.8 Å². The lowest BCUT2D eigenvalue weighted by molar-refractivity contribution is -0.161. The summed E-state index contributed by atoms with van der Waals surface area (Å²) in [6, 6.07) is 0. The quantitative estimate of drug-likeness (QED) is 0.352. The number of hydrogen-bond donors (Lipinski definition) is 0. The van der Waals surface area contributed by atoms with Crippen molar-refractivity contribution in [2.24, 2.45) is 16.7 Å². The van der Waals surface area contributed by atoms with Crippen LogP contribution in [0.25, 0.3) is 0 Å². The Kier molecular flexibility index (Phi) is 4.17. The first-order valence-electron chi connectivity index (χ1n) is 10.9. The lowest BCUT2D eigenvalue weighted by atomic mass is 9.69. The van der Waals surface area contributed by atoms with E-state index >= 15 is 0 Å². The summed E-state index contributed by atoms with van der Waals surface area (Å²) >= 11 is 0. The molecule has 7 nitrogen and oxygen atoms in total. The van der Waals surface area contributed by atoms with Gasteiger partial charge in [-0.2, -0.15) is 0 Å². The van der Waals surface area contributed by atoms with E-state index in [0.717, 1.165) is 19.3 Å². The molecule has 3 heterocycles. The van der Waals surface area contributed by atoms with E-state index in [1.165, 1.54) is 4.31 Å². The van der Waals surface area contributed by atoms with Crippen LogP contribution in [0.2, 0.25) is 0 Å². The van der Waals surface area contributed by atoms with Gasteiger partial charge in [0.25, 0.3) is 0 Å². The molecule has 0 spiro atoms. The van der Waals surface area contributed by atoms with Crippen molar-refractivity contribution >= 4 is 16.0 Å². The van der Waals surface area contributed by atoms with Crippen LogP contribution in [0.1, 0.15) is 47.0 Å². The number of carbonyl (C=O) groups is 1. The molecular weight excluding hydrogens is 392 g/mol. The van der Waals surface area contributed by atoms with Gasteiger partial charge in [0.2, 0.25) is 10.0 Å². The van der Waals surface area contributed by atoms with Crippen molar-refractivity contribution in [2.45, 2.75) is 70.9 Å². The zero-order valence-electron chi connectivity index (χ0n) is 17.8. The molecule has 4 fully saturated rings. The highest BCUT2D eigenvalue weighted by Gasteiger charge is 2.75. The number of ether oxygens (including phenoxy) is 2. The van der Waals surface area contributed by atoms with Gasteiger partial charge in [-0.1, -0.05) is 33.8 Å². The van der Waals surface area contributed by atoms with E-state index in [1.54, 1.807) is 0 Å². The van der Waals surface area contributed by atoms with Gasteiger partial charge < -0.3 is 9.47 Å². The maximum Gasteiger partial charge on any atom is 0.331 e. The third-order valence-corrected chi connectivity index (χ3v) is 11.0. The Morgan fingerprint density at radius 3 is 2.59 bits per heavy atom. The largest absolute Gasteiger partial charge is 0.460 e. The van der Waals surface area contributed by atoms with E-state index in [-0.39, 0.29) is 35.6 Å². The minimum atomic E-state index is -3.43. The molecule has 0 radical (unpaired) electrons. The summed E-state index contributed by atoms with van der Waals surface area (Å²) in [5.41, 5.74) is -1.38. The fourth-order valence-corrected chi connectivity index (χ4v) is 9.07. The van der Waals surface area contributed by atoms with Crippen LogP contribution in [0.15, 0.2) is 12.2 Å². The minimum absolute atomic E-state index is 0.0578. The van der Waals surface area contributed by atoms with E-state index in [4.69, 9.17) is 9.47 Å². The van der Waals surface area contributed by atoms with Crippen LogP contribution < -0.4 is 0 Å². The van der Waals surface area contributed by atoms with Gasteiger partial charge >= 0.3 is 5.97 Å². The zero-order valence-corrected chi connectivity index (χ0v) is 18.6. The number of hydrogen-bond acceptors (Lipinski definition) is 6. The Labute approximate surface area is 173 Å². The highest BCUT2D eigenvalue weighted by Crippen LogP contribution is 2.67. The maximum absolute atomic E-state index is 13.3. The highest BCUT2D eigenvalue weighted by atomic mass is 32.2. The lowest BCUT2D eigenvalue weighted by Gasteiger charge is -2.42. The van der Waals surface area contributed by atoms with Gasteiger partial charge in [0.1, 0.15) is 18.4 Å². The molecule has 0 N–H and O–H groups in total. The van der Waals surface area contributed by atoms with Gasteiger partial charge in [-0.05, 0) is 36.7 Å². The predicted molar refractivity (Wildman–Crippen MR) is 107 cm³/mol. The molecule has 5 aliphatic rings. The number of fused-ring (bicyclic) bond motifs is 7. The first kappa shape index (κ1) is 20.0. The number of nitrogens with zero attached hydrogens (tertiary/aromatic N) is 2. The van der Waals surface area contributed by atoms with Crippen LogP contribution in [0.3, 0.4) is 0 Å². The normalized spacial score (nSPS) is 45.8. The van der Waals surface area contributed by atoms with Crippen molar-refractivity contribution in [3.05, 3.63) is 12.2 Å². The Hall–Kier alpha value is -0.960. The van der Waals surface area contributed by atoms with E-state index < -0.39 is 21.0 Å². The Morgan fingerprint density at radius 2 is 2.00 bits per heavy atom. The van der Waals surface area contributed by atoms with Gasteiger partial charge in [0, 0.05) is 25.0 Å². The molecule has 0 amide bonds. The summed E-state index contributed by atoms with van der Waals surface area (Å²) in [6.07, 6.45) is 5.80. The second-order valence-corrected chi connectivity index (χ2v) is 11.9. The van der Waals surface area contributed by atoms with Crippen molar-refractivity contribution in [1.82, 2.24) is 9.21 Å². The molecular formula is C21H32N2O5S. The predicted octanol–water partition coefficient (Wildman–Crippen LogP) is 1.75. The van der Waals surface area contributed by atoms with Crippen LogP contribution in [0.4, 0.5) is 0 Å². The summed E-state index contributed by atoms with van der Waals surface area (Å²) in [4.78, 5) is 15.3. The minimum Gasteiger partial charge on any atom is -0.460 e. The molecule has 2 saturated heterocycles. The first-order valence-corrected chi connectivity index (χ1v) is 12.5. The molecule has 7 atom stereocenters. The standard InChI is InChI=1S/C21H32N2O5S/c1-5-22(6-2)29(25,26)13-20-10-9-14(19(20,3)4)11-16(20)28-18(24)21-12-23(21)17-8-7-15(21)27-17/h7-8,14-17H,5-6,9-13H2,1-4H3/t14-,15-,16-,17+,20+,21-,23?/m1/s1. The molecule has 1 unspecified atom stereocenters.